The van der Waals surface area contributed by atoms with Crippen molar-refractivity contribution in [3.05, 3.63) is 72.6 Å². The van der Waals surface area contributed by atoms with Crippen LogP contribution >= 0.6 is 0 Å². The zero-order valence-electron chi connectivity index (χ0n) is 15.6. The largest absolute Gasteiger partial charge is 0.497 e. The number of ether oxygens (including phenoxy) is 1. The third-order valence-electron chi connectivity index (χ3n) is 4.94. The maximum atomic E-state index is 5.35. The third kappa shape index (κ3) is 4.26. The molecule has 0 radical (unpaired) electrons. The van der Waals surface area contributed by atoms with E-state index in [1.807, 2.05) is 18.2 Å². The van der Waals surface area contributed by atoms with Gasteiger partial charge in [-0.05, 0) is 41.0 Å². The Kier molecular flexibility index (Phi) is 5.30. The molecule has 0 amide bonds. The number of benzene rings is 2. The molecule has 0 bridgehead atoms. The normalized spacial score (nSPS) is 14.9. The van der Waals surface area contributed by atoms with Gasteiger partial charge in [-0.1, -0.05) is 30.3 Å². The number of nitrogens with zero attached hydrogens (tertiary/aromatic N) is 4. The van der Waals surface area contributed by atoms with Crippen molar-refractivity contribution in [3.63, 3.8) is 0 Å². The number of anilines is 1. The molecule has 1 aliphatic heterocycles. The maximum Gasteiger partial charge on any atom is 0.225 e. The highest BCUT2D eigenvalue weighted by Gasteiger charge is 2.18. The minimum atomic E-state index is 0.831. The second-order valence-corrected chi connectivity index (χ2v) is 6.74. The van der Waals surface area contributed by atoms with E-state index in [-0.39, 0.29) is 0 Å². The maximum absolute atomic E-state index is 5.35. The average molecular weight is 360 g/mol. The smallest absolute Gasteiger partial charge is 0.225 e. The Morgan fingerprint density at radius 2 is 1.56 bits per heavy atom. The van der Waals surface area contributed by atoms with Gasteiger partial charge in [0.15, 0.2) is 0 Å². The zero-order valence-corrected chi connectivity index (χ0v) is 15.6. The van der Waals surface area contributed by atoms with E-state index in [4.69, 9.17) is 4.74 Å². The molecule has 0 spiro atoms. The summed E-state index contributed by atoms with van der Waals surface area (Å²) in [5, 5.41) is 0. The van der Waals surface area contributed by atoms with Crippen molar-refractivity contribution >= 4 is 5.95 Å². The van der Waals surface area contributed by atoms with E-state index in [2.05, 4.69) is 56.2 Å². The summed E-state index contributed by atoms with van der Waals surface area (Å²) in [4.78, 5) is 13.5. The van der Waals surface area contributed by atoms with Crippen molar-refractivity contribution in [2.24, 2.45) is 0 Å². The average Bonchev–Trinajstić information content (AvgIpc) is 2.75. The van der Waals surface area contributed by atoms with E-state index < -0.39 is 0 Å². The molecule has 0 aliphatic carbocycles. The minimum Gasteiger partial charge on any atom is -0.497 e. The first-order valence-electron chi connectivity index (χ1n) is 9.29. The highest BCUT2D eigenvalue weighted by atomic mass is 16.5. The fraction of sp³-hybridized carbons (Fsp3) is 0.273. The zero-order chi connectivity index (χ0) is 18.5. The molecule has 5 nitrogen and oxygen atoms in total. The molecule has 5 heteroatoms. The molecule has 3 aromatic rings. The number of hydrogen-bond donors (Lipinski definition) is 0. The summed E-state index contributed by atoms with van der Waals surface area (Å²) in [6.45, 7) is 4.91. The van der Waals surface area contributed by atoms with Gasteiger partial charge in [0, 0.05) is 45.1 Å². The Morgan fingerprint density at radius 1 is 0.852 bits per heavy atom. The van der Waals surface area contributed by atoms with Crippen molar-refractivity contribution in [3.8, 4) is 16.9 Å². The molecular weight excluding hydrogens is 336 g/mol. The van der Waals surface area contributed by atoms with E-state index in [1.54, 1.807) is 19.5 Å². The highest BCUT2D eigenvalue weighted by Crippen LogP contribution is 2.25. The molecule has 138 valence electrons. The second kappa shape index (κ2) is 8.18. The van der Waals surface area contributed by atoms with Crippen LogP contribution in [0.5, 0.6) is 5.75 Å². The quantitative estimate of drug-likeness (QED) is 0.697. The van der Waals surface area contributed by atoms with Crippen LogP contribution in [0.1, 0.15) is 5.56 Å². The molecule has 1 aromatic heterocycles. The number of rotatable bonds is 5. The first-order chi connectivity index (χ1) is 13.3. The van der Waals surface area contributed by atoms with E-state index >= 15 is 0 Å². The van der Waals surface area contributed by atoms with Gasteiger partial charge in [0.25, 0.3) is 0 Å². The van der Waals surface area contributed by atoms with Gasteiger partial charge in [0.05, 0.1) is 7.11 Å². The summed E-state index contributed by atoms with van der Waals surface area (Å²) in [5.41, 5.74) is 3.74. The van der Waals surface area contributed by atoms with Crippen LogP contribution in [-0.2, 0) is 6.54 Å². The summed E-state index contributed by atoms with van der Waals surface area (Å²) in [6, 6.07) is 18.8. The van der Waals surface area contributed by atoms with Crippen LogP contribution in [0.25, 0.3) is 11.1 Å². The van der Waals surface area contributed by atoms with Gasteiger partial charge >= 0.3 is 0 Å². The van der Waals surface area contributed by atoms with Crippen LogP contribution in [0.4, 0.5) is 5.95 Å². The number of aromatic nitrogens is 2. The summed E-state index contributed by atoms with van der Waals surface area (Å²) in [6.07, 6.45) is 3.61. The molecule has 0 atom stereocenters. The van der Waals surface area contributed by atoms with Gasteiger partial charge in [-0.15, -0.1) is 0 Å². The number of methoxy groups -OCH3 is 1. The Labute approximate surface area is 160 Å². The molecule has 0 saturated carbocycles. The Bertz CT molecular complexity index is 876. The van der Waals surface area contributed by atoms with Gasteiger partial charge in [-0.2, -0.15) is 0 Å². The second-order valence-electron chi connectivity index (χ2n) is 6.74. The lowest BCUT2D eigenvalue weighted by atomic mass is 10.0. The first-order valence-corrected chi connectivity index (χ1v) is 9.29. The lowest BCUT2D eigenvalue weighted by molar-refractivity contribution is 0.248. The molecule has 2 heterocycles. The van der Waals surface area contributed by atoms with Crippen LogP contribution < -0.4 is 9.64 Å². The topological polar surface area (TPSA) is 41.5 Å². The summed E-state index contributed by atoms with van der Waals surface area (Å²) in [5.74, 6) is 1.72. The predicted molar refractivity (Wildman–Crippen MR) is 108 cm³/mol. The number of hydrogen-bond acceptors (Lipinski definition) is 5. The molecular formula is C22H24N4O. The van der Waals surface area contributed by atoms with Crippen molar-refractivity contribution in [2.75, 3.05) is 38.2 Å². The Morgan fingerprint density at radius 3 is 2.30 bits per heavy atom. The van der Waals surface area contributed by atoms with Crippen molar-refractivity contribution in [2.45, 2.75) is 6.54 Å². The van der Waals surface area contributed by atoms with Crippen LogP contribution in [0.2, 0.25) is 0 Å². The Balaban J connectivity index is 1.40. The first kappa shape index (κ1) is 17.5. The van der Waals surface area contributed by atoms with Crippen molar-refractivity contribution in [1.82, 2.24) is 14.9 Å². The van der Waals surface area contributed by atoms with Crippen molar-refractivity contribution in [1.29, 1.82) is 0 Å². The fourth-order valence-corrected chi connectivity index (χ4v) is 3.47. The van der Waals surface area contributed by atoms with Gasteiger partial charge in [-0.25, -0.2) is 9.97 Å². The molecule has 27 heavy (non-hydrogen) atoms. The van der Waals surface area contributed by atoms with Crippen LogP contribution in [-0.4, -0.2) is 48.2 Å². The van der Waals surface area contributed by atoms with Crippen LogP contribution in [0, 0.1) is 0 Å². The monoisotopic (exact) mass is 360 g/mol. The van der Waals surface area contributed by atoms with Gasteiger partial charge in [0.2, 0.25) is 5.95 Å². The summed E-state index contributed by atoms with van der Waals surface area (Å²) < 4.78 is 5.35. The summed E-state index contributed by atoms with van der Waals surface area (Å²) >= 11 is 0. The standard InChI is InChI=1S/C22H24N4O/c1-27-21-8-3-7-20(16-21)19-6-2-5-18(15-19)17-25-11-13-26(14-12-25)22-23-9-4-10-24-22/h2-10,15-16H,11-14,17H2,1H3. The lowest BCUT2D eigenvalue weighted by Gasteiger charge is -2.34. The van der Waals surface area contributed by atoms with E-state index in [0.717, 1.165) is 44.4 Å². The minimum absolute atomic E-state index is 0.831. The van der Waals surface area contributed by atoms with Crippen LogP contribution in [0.15, 0.2) is 67.0 Å². The molecule has 1 saturated heterocycles. The van der Waals surface area contributed by atoms with Gasteiger partial charge < -0.3 is 9.64 Å². The van der Waals surface area contributed by atoms with Crippen molar-refractivity contribution < 1.29 is 4.74 Å². The van der Waals surface area contributed by atoms with E-state index in [1.165, 1.54) is 16.7 Å². The lowest BCUT2D eigenvalue weighted by Crippen LogP contribution is -2.46. The molecule has 1 aliphatic rings. The van der Waals surface area contributed by atoms with E-state index in [0.29, 0.717) is 0 Å². The van der Waals surface area contributed by atoms with Crippen LogP contribution in [0.3, 0.4) is 0 Å². The third-order valence-corrected chi connectivity index (χ3v) is 4.94. The van der Waals surface area contributed by atoms with Gasteiger partial charge in [0.1, 0.15) is 5.75 Å². The highest BCUT2D eigenvalue weighted by molar-refractivity contribution is 5.65. The summed E-state index contributed by atoms with van der Waals surface area (Å²) in [7, 11) is 1.70. The number of piperazine rings is 1. The predicted octanol–water partition coefficient (Wildman–Crippen LogP) is 3.47. The molecule has 0 N–H and O–H groups in total. The molecule has 2 aromatic carbocycles. The molecule has 1 fully saturated rings. The molecule has 0 unspecified atom stereocenters. The SMILES string of the molecule is COc1cccc(-c2cccc(CN3CCN(c4ncccn4)CC3)c2)c1. The van der Waals surface area contributed by atoms with Gasteiger partial charge in [-0.3, -0.25) is 4.90 Å². The van der Waals surface area contributed by atoms with E-state index in [9.17, 15) is 0 Å². The Hall–Kier alpha value is -2.92. The fourth-order valence-electron chi connectivity index (χ4n) is 3.47. The molecule has 4 rings (SSSR count).